The summed E-state index contributed by atoms with van der Waals surface area (Å²) in [7, 11) is 3.10. The smallest absolute Gasteiger partial charge is 0.319 e. The minimum Gasteiger partial charge on any atom is -0.479 e. The van der Waals surface area contributed by atoms with E-state index in [4.69, 9.17) is 14.6 Å². The Labute approximate surface area is 163 Å². The fourth-order valence-electron chi connectivity index (χ4n) is 3.97. The highest BCUT2D eigenvalue weighted by molar-refractivity contribution is 5.88. The van der Waals surface area contributed by atoms with E-state index in [1.807, 2.05) is 10.9 Å². The van der Waals surface area contributed by atoms with Gasteiger partial charge in [0.15, 0.2) is 5.65 Å². The zero-order chi connectivity index (χ0) is 19.7. The van der Waals surface area contributed by atoms with Crippen LogP contribution in [-0.4, -0.2) is 57.0 Å². The Hall–Kier alpha value is -2.97. The second-order valence-electron chi connectivity index (χ2n) is 7.13. The molecule has 0 atom stereocenters. The third-order valence-electron chi connectivity index (χ3n) is 5.88. The molecule has 9 heteroatoms. The maximum atomic E-state index is 5.49. The molecule has 1 saturated heterocycles. The molecule has 0 aromatic carbocycles. The highest BCUT2D eigenvalue weighted by Gasteiger charge is 2.37. The molecule has 4 rings (SSSR count). The lowest BCUT2D eigenvalue weighted by Crippen LogP contribution is -2.28. The predicted molar refractivity (Wildman–Crippen MR) is 105 cm³/mol. The summed E-state index contributed by atoms with van der Waals surface area (Å²) in [5.74, 6) is 1.34. The van der Waals surface area contributed by atoms with E-state index in [2.05, 4.69) is 38.7 Å². The van der Waals surface area contributed by atoms with Gasteiger partial charge < -0.3 is 14.4 Å². The van der Waals surface area contributed by atoms with Crippen molar-refractivity contribution in [1.82, 2.24) is 29.7 Å². The highest BCUT2D eigenvalue weighted by atomic mass is 16.5. The molecule has 0 aliphatic carbocycles. The summed E-state index contributed by atoms with van der Waals surface area (Å²) >= 11 is 0. The van der Waals surface area contributed by atoms with E-state index in [-0.39, 0.29) is 6.01 Å². The van der Waals surface area contributed by atoms with Crippen LogP contribution in [0.25, 0.3) is 16.7 Å². The zero-order valence-corrected chi connectivity index (χ0v) is 16.7. The van der Waals surface area contributed by atoms with Crippen LogP contribution in [0.15, 0.2) is 18.7 Å². The number of hydrogen-bond donors (Lipinski definition) is 0. The van der Waals surface area contributed by atoms with Crippen molar-refractivity contribution >= 4 is 16.9 Å². The van der Waals surface area contributed by atoms with E-state index in [0.717, 1.165) is 43.6 Å². The van der Waals surface area contributed by atoms with Crippen molar-refractivity contribution in [3.8, 4) is 17.6 Å². The van der Waals surface area contributed by atoms with Crippen LogP contribution < -0.4 is 14.4 Å². The second kappa shape index (κ2) is 7.21. The lowest BCUT2D eigenvalue weighted by Gasteiger charge is -2.27. The van der Waals surface area contributed by atoms with Gasteiger partial charge in [-0.25, -0.2) is 19.6 Å². The van der Waals surface area contributed by atoms with E-state index in [1.54, 1.807) is 13.3 Å². The summed E-state index contributed by atoms with van der Waals surface area (Å²) < 4.78 is 12.4. The summed E-state index contributed by atoms with van der Waals surface area (Å²) in [6.45, 7) is 6.46. The van der Waals surface area contributed by atoms with Crippen LogP contribution >= 0.6 is 0 Å². The van der Waals surface area contributed by atoms with Gasteiger partial charge in [-0.15, -0.1) is 5.10 Å². The fourth-order valence-corrected chi connectivity index (χ4v) is 3.97. The molecule has 0 unspecified atom stereocenters. The quantitative estimate of drug-likeness (QED) is 0.642. The first-order chi connectivity index (χ1) is 13.6. The van der Waals surface area contributed by atoms with E-state index in [1.165, 1.54) is 13.4 Å². The van der Waals surface area contributed by atoms with Crippen molar-refractivity contribution in [3.63, 3.8) is 0 Å². The van der Waals surface area contributed by atoms with Crippen LogP contribution in [0.3, 0.4) is 0 Å². The summed E-state index contributed by atoms with van der Waals surface area (Å²) in [6.07, 6.45) is 8.44. The van der Waals surface area contributed by atoms with Gasteiger partial charge in [-0.1, -0.05) is 13.8 Å². The first kappa shape index (κ1) is 18.4. The van der Waals surface area contributed by atoms with Gasteiger partial charge in [0.25, 0.3) is 0 Å². The average Bonchev–Trinajstić information content (AvgIpc) is 3.35. The van der Waals surface area contributed by atoms with Crippen LogP contribution in [0, 0.1) is 5.41 Å². The molecule has 0 amide bonds. The number of nitrogens with zero attached hydrogens (tertiary/aromatic N) is 7. The molecule has 0 N–H and O–H groups in total. The first-order valence-corrected chi connectivity index (χ1v) is 9.53. The number of hydrogen-bond acceptors (Lipinski definition) is 8. The molecule has 0 spiro atoms. The van der Waals surface area contributed by atoms with Gasteiger partial charge in [-0.3, -0.25) is 0 Å². The molecule has 0 saturated carbocycles. The SMILES string of the molecule is CCC1(CC)CCN(c2c3cncnc3nn2-c2cnc(OC)nc2OC)C1. The Kier molecular flexibility index (Phi) is 4.74. The molecule has 1 aliphatic rings. The highest BCUT2D eigenvalue weighted by Crippen LogP contribution is 2.41. The van der Waals surface area contributed by atoms with Crippen molar-refractivity contribution in [2.24, 2.45) is 5.41 Å². The van der Waals surface area contributed by atoms with Crippen molar-refractivity contribution in [2.45, 2.75) is 33.1 Å². The molecule has 1 fully saturated rings. The van der Waals surface area contributed by atoms with Crippen molar-refractivity contribution in [1.29, 1.82) is 0 Å². The lowest BCUT2D eigenvalue weighted by atomic mass is 9.82. The third-order valence-corrected chi connectivity index (χ3v) is 5.88. The number of ether oxygens (including phenoxy) is 2. The predicted octanol–water partition coefficient (Wildman–Crippen LogP) is 2.64. The Morgan fingerprint density at radius 1 is 1.11 bits per heavy atom. The summed E-state index contributed by atoms with van der Waals surface area (Å²) in [5, 5.41) is 5.62. The molecule has 0 radical (unpaired) electrons. The summed E-state index contributed by atoms with van der Waals surface area (Å²) in [5.41, 5.74) is 1.59. The number of rotatable bonds is 6. The molecule has 0 bridgehead atoms. The Bertz CT molecular complexity index is 984. The largest absolute Gasteiger partial charge is 0.479 e. The van der Waals surface area contributed by atoms with E-state index in [9.17, 15) is 0 Å². The van der Waals surface area contributed by atoms with Gasteiger partial charge in [-0.2, -0.15) is 4.98 Å². The topological polar surface area (TPSA) is 91.1 Å². The lowest BCUT2D eigenvalue weighted by molar-refractivity contribution is 0.301. The Morgan fingerprint density at radius 2 is 1.93 bits per heavy atom. The number of anilines is 1. The number of fused-ring (bicyclic) bond motifs is 1. The van der Waals surface area contributed by atoms with Gasteiger partial charge in [0.1, 0.15) is 17.8 Å². The monoisotopic (exact) mass is 383 g/mol. The number of aromatic nitrogens is 6. The zero-order valence-electron chi connectivity index (χ0n) is 16.7. The van der Waals surface area contributed by atoms with Gasteiger partial charge in [0.2, 0.25) is 5.88 Å². The molecule has 28 heavy (non-hydrogen) atoms. The van der Waals surface area contributed by atoms with Crippen molar-refractivity contribution < 1.29 is 9.47 Å². The standard InChI is InChI=1S/C19H25N7O2/c1-5-19(6-2)7-8-25(11-19)17-13-9-20-12-22-15(13)24-26(17)14-10-21-18(28-4)23-16(14)27-3/h9-10,12H,5-8,11H2,1-4H3. The molecular weight excluding hydrogens is 358 g/mol. The molecule has 3 aromatic heterocycles. The minimum atomic E-state index is 0.246. The van der Waals surface area contributed by atoms with Gasteiger partial charge >= 0.3 is 6.01 Å². The van der Waals surface area contributed by atoms with Gasteiger partial charge in [0.05, 0.1) is 25.8 Å². The number of methoxy groups -OCH3 is 2. The van der Waals surface area contributed by atoms with E-state index >= 15 is 0 Å². The molecule has 3 aromatic rings. The molecule has 1 aliphatic heterocycles. The Balaban J connectivity index is 1.88. The van der Waals surface area contributed by atoms with Gasteiger partial charge in [-0.05, 0) is 24.7 Å². The summed E-state index contributed by atoms with van der Waals surface area (Å²) in [4.78, 5) is 19.5. The normalized spacial score (nSPS) is 15.9. The summed E-state index contributed by atoms with van der Waals surface area (Å²) in [6, 6.07) is 0.246. The molecule has 148 valence electrons. The van der Waals surface area contributed by atoms with Crippen molar-refractivity contribution in [3.05, 3.63) is 18.7 Å². The first-order valence-electron chi connectivity index (χ1n) is 9.53. The second-order valence-corrected chi connectivity index (χ2v) is 7.13. The van der Waals surface area contributed by atoms with Crippen LogP contribution in [0.4, 0.5) is 5.82 Å². The Morgan fingerprint density at radius 3 is 2.61 bits per heavy atom. The maximum absolute atomic E-state index is 5.49. The fraction of sp³-hybridized carbons (Fsp3) is 0.526. The van der Waals surface area contributed by atoms with Crippen LogP contribution in [0.1, 0.15) is 33.1 Å². The minimum absolute atomic E-state index is 0.246. The van der Waals surface area contributed by atoms with Gasteiger partial charge in [0, 0.05) is 19.3 Å². The van der Waals surface area contributed by atoms with Crippen LogP contribution in [0.5, 0.6) is 11.9 Å². The van der Waals surface area contributed by atoms with Crippen LogP contribution in [0.2, 0.25) is 0 Å². The van der Waals surface area contributed by atoms with E-state index < -0.39 is 0 Å². The van der Waals surface area contributed by atoms with E-state index in [0.29, 0.717) is 22.6 Å². The third kappa shape index (κ3) is 2.90. The average molecular weight is 383 g/mol. The van der Waals surface area contributed by atoms with Crippen molar-refractivity contribution in [2.75, 3.05) is 32.2 Å². The maximum Gasteiger partial charge on any atom is 0.319 e. The molecule has 9 nitrogen and oxygen atoms in total. The molecular formula is C19H25N7O2. The molecule has 4 heterocycles. The van der Waals surface area contributed by atoms with Crippen LogP contribution in [-0.2, 0) is 0 Å².